The molecule has 1 aromatic heterocycles. The number of amides is 1. The molecular weight excluding hydrogens is 290 g/mol. The molecule has 1 aliphatic heterocycles. The lowest BCUT2D eigenvalue weighted by molar-refractivity contribution is 0.0722. The Labute approximate surface area is 134 Å². The molecule has 1 aromatic carbocycles. The van der Waals surface area contributed by atoms with Gasteiger partial charge >= 0.3 is 0 Å². The van der Waals surface area contributed by atoms with Crippen molar-refractivity contribution >= 4 is 5.91 Å². The van der Waals surface area contributed by atoms with E-state index in [0.29, 0.717) is 11.3 Å². The molecule has 2 heterocycles. The number of likely N-dealkylation sites (tertiary alicyclic amines) is 1. The van der Waals surface area contributed by atoms with Crippen LogP contribution >= 0.6 is 0 Å². The van der Waals surface area contributed by atoms with Crippen molar-refractivity contribution in [2.75, 3.05) is 13.1 Å². The summed E-state index contributed by atoms with van der Waals surface area (Å²) in [7, 11) is 0. The molecule has 1 saturated heterocycles. The number of hydrogen-bond acceptors (Lipinski definition) is 3. The average molecular weight is 307 g/mol. The third-order valence-electron chi connectivity index (χ3n) is 4.11. The Morgan fingerprint density at radius 2 is 1.74 bits per heavy atom. The van der Waals surface area contributed by atoms with Crippen LogP contribution in [0.5, 0.6) is 0 Å². The van der Waals surface area contributed by atoms with Crippen LogP contribution < -0.4 is 5.56 Å². The fourth-order valence-corrected chi connectivity index (χ4v) is 2.80. The Bertz CT molecular complexity index is 809. The Morgan fingerprint density at radius 1 is 1.04 bits per heavy atom. The van der Waals surface area contributed by atoms with E-state index in [4.69, 9.17) is 5.26 Å². The second-order valence-electron chi connectivity index (χ2n) is 5.66. The highest BCUT2D eigenvalue weighted by Crippen LogP contribution is 2.17. The molecule has 5 nitrogen and oxygen atoms in total. The highest BCUT2D eigenvalue weighted by molar-refractivity contribution is 5.94. The summed E-state index contributed by atoms with van der Waals surface area (Å²) in [6, 6.07) is 12.3. The Morgan fingerprint density at radius 3 is 2.35 bits per heavy atom. The minimum Gasteiger partial charge on any atom is -0.338 e. The summed E-state index contributed by atoms with van der Waals surface area (Å²) in [5.74, 6) is -0.197. The number of nitrogens with one attached hydrogen (secondary N) is 1. The quantitative estimate of drug-likeness (QED) is 0.926. The van der Waals surface area contributed by atoms with Gasteiger partial charge in [0.2, 0.25) is 0 Å². The summed E-state index contributed by atoms with van der Waals surface area (Å²) >= 11 is 0. The molecule has 0 atom stereocenters. The summed E-state index contributed by atoms with van der Waals surface area (Å²) in [6.45, 7) is 1.44. The van der Waals surface area contributed by atoms with E-state index in [1.807, 2.05) is 0 Å². The Balaban J connectivity index is 1.86. The zero-order valence-electron chi connectivity index (χ0n) is 12.7. The maximum atomic E-state index is 12.4. The van der Waals surface area contributed by atoms with Crippen LogP contribution in [0.1, 0.15) is 35.2 Å². The van der Waals surface area contributed by atoms with Gasteiger partial charge < -0.3 is 9.88 Å². The molecule has 0 saturated carbocycles. The van der Waals surface area contributed by atoms with Gasteiger partial charge in [0.15, 0.2) is 0 Å². The van der Waals surface area contributed by atoms with Gasteiger partial charge in [-0.15, -0.1) is 0 Å². The lowest BCUT2D eigenvalue weighted by atomic mass is 10.1. The molecule has 0 radical (unpaired) electrons. The van der Waals surface area contributed by atoms with Gasteiger partial charge in [-0.1, -0.05) is 12.1 Å². The van der Waals surface area contributed by atoms with E-state index in [-0.39, 0.29) is 17.0 Å². The normalized spacial score (nSPS) is 14.3. The van der Waals surface area contributed by atoms with Gasteiger partial charge in [-0.25, -0.2) is 0 Å². The van der Waals surface area contributed by atoms with E-state index in [9.17, 15) is 9.59 Å². The average Bonchev–Trinajstić information content (AvgIpc) is 2.62. The summed E-state index contributed by atoms with van der Waals surface area (Å²) in [5.41, 5.74) is 1.81. The standard InChI is InChI=1S/C18H17N3O2/c19-12-13-4-6-14(7-5-13)16-9-8-15(17(22)20-16)18(23)21-10-2-1-3-11-21/h4-9H,1-3,10-11H2,(H,20,22). The van der Waals surface area contributed by atoms with Crippen LogP contribution in [-0.4, -0.2) is 28.9 Å². The highest BCUT2D eigenvalue weighted by atomic mass is 16.2. The molecule has 1 fully saturated rings. The molecule has 0 unspecified atom stereocenters. The molecule has 23 heavy (non-hydrogen) atoms. The number of aromatic amines is 1. The fraction of sp³-hybridized carbons (Fsp3) is 0.278. The second-order valence-corrected chi connectivity index (χ2v) is 5.66. The van der Waals surface area contributed by atoms with Crippen LogP contribution in [-0.2, 0) is 0 Å². The molecule has 0 spiro atoms. The minimum atomic E-state index is -0.373. The monoisotopic (exact) mass is 307 g/mol. The van der Waals surface area contributed by atoms with E-state index in [1.165, 1.54) is 0 Å². The fourth-order valence-electron chi connectivity index (χ4n) is 2.80. The van der Waals surface area contributed by atoms with E-state index in [0.717, 1.165) is 37.9 Å². The predicted molar refractivity (Wildman–Crippen MR) is 87.0 cm³/mol. The predicted octanol–water partition coefficient (Wildman–Crippen LogP) is 2.54. The molecule has 1 aliphatic rings. The first kappa shape index (κ1) is 15.0. The van der Waals surface area contributed by atoms with Crippen molar-refractivity contribution in [1.29, 1.82) is 5.26 Å². The minimum absolute atomic E-state index is 0.185. The largest absolute Gasteiger partial charge is 0.338 e. The molecule has 1 amide bonds. The van der Waals surface area contributed by atoms with Crippen molar-refractivity contribution in [3.63, 3.8) is 0 Å². The lowest BCUT2D eigenvalue weighted by Crippen LogP contribution is -2.38. The van der Waals surface area contributed by atoms with Gasteiger partial charge in [0.05, 0.1) is 11.6 Å². The number of nitrogens with zero attached hydrogens (tertiary/aromatic N) is 2. The van der Waals surface area contributed by atoms with Crippen LogP contribution in [0.3, 0.4) is 0 Å². The number of pyridine rings is 1. The Hall–Kier alpha value is -2.87. The van der Waals surface area contributed by atoms with E-state index in [2.05, 4.69) is 11.1 Å². The molecule has 0 bridgehead atoms. The molecule has 0 aliphatic carbocycles. The number of hydrogen-bond donors (Lipinski definition) is 1. The zero-order chi connectivity index (χ0) is 16.2. The first-order chi connectivity index (χ1) is 11.2. The zero-order valence-corrected chi connectivity index (χ0v) is 12.7. The van der Waals surface area contributed by atoms with Gasteiger partial charge in [0.1, 0.15) is 5.56 Å². The number of carbonyl (C=O) groups excluding carboxylic acids is 1. The summed E-state index contributed by atoms with van der Waals surface area (Å²) in [6.07, 6.45) is 3.12. The number of aromatic nitrogens is 1. The van der Waals surface area contributed by atoms with Crippen molar-refractivity contribution < 1.29 is 4.79 Å². The smallest absolute Gasteiger partial charge is 0.261 e. The highest BCUT2D eigenvalue weighted by Gasteiger charge is 2.20. The topological polar surface area (TPSA) is 77.0 Å². The van der Waals surface area contributed by atoms with Crippen LogP contribution in [0.4, 0.5) is 0 Å². The van der Waals surface area contributed by atoms with Crippen molar-refractivity contribution in [2.45, 2.75) is 19.3 Å². The van der Waals surface area contributed by atoms with Crippen molar-refractivity contribution in [1.82, 2.24) is 9.88 Å². The first-order valence-electron chi connectivity index (χ1n) is 7.72. The van der Waals surface area contributed by atoms with E-state index in [1.54, 1.807) is 41.3 Å². The van der Waals surface area contributed by atoms with Crippen LogP contribution in [0.2, 0.25) is 0 Å². The molecule has 3 rings (SSSR count). The number of benzene rings is 1. The summed E-state index contributed by atoms with van der Waals surface area (Å²) in [5, 5.41) is 8.81. The van der Waals surface area contributed by atoms with Gasteiger partial charge in [-0.3, -0.25) is 9.59 Å². The third kappa shape index (κ3) is 3.16. The maximum absolute atomic E-state index is 12.4. The maximum Gasteiger partial charge on any atom is 0.261 e. The van der Waals surface area contributed by atoms with E-state index >= 15 is 0 Å². The molecule has 5 heteroatoms. The van der Waals surface area contributed by atoms with Gasteiger partial charge in [-0.2, -0.15) is 5.26 Å². The molecule has 1 N–H and O–H groups in total. The van der Waals surface area contributed by atoms with Crippen molar-refractivity contribution in [3.05, 3.63) is 57.9 Å². The number of carbonyl (C=O) groups is 1. The molecule has 2 aromatic rings. The van der Waals surface area contributed by atoms with Gasteiger partial charge in [0, 0.05) is 18.8 Å². The second kappa shape index (κ2) is 6.49. The number of H-pyrrole nitrogens is 1. The Kier molecular flexibility index (Phi) is 4.24. The number of nitriles is 1. The van der Waals surface area contributed by atoms with Crippen LogP contribution in [0, 0.1) is 11.3 Å². The summed E-state index contributed by atoms with van der Waals surface area (Å²) < 4.78 is 0. The molecular formula is C18H17N3O2. The van der Waals surface area contributed by atoms with Crippen molar-refractivity contribution in [3.8, 4) is 17.3 Å². The van der Waals surface area contributed by atoms with Crippen molar-refractivity contribution in [2.24, 2.45) is 0 Å². The summed E-state index contributed by atoms with van der Waals surface area (Å²) in [4.78, 5) is 29.2. The molecule has 116 valence electrons. The first-order valence-corrected chi connectivity index (χ1v) is 7.72. The lowest BCUT2D eigenvalue weighted by Gasteiger charge is -2.26. The van der Waals surface area contributed by atoms with Crippen LogP contribution in [0.15, 0.2) is 41.2 Å². The SMILES string of the molecule is N#Cc1ccc(-c2ccc(C(=O)N3CCCCC3)c(=O)[nH]2)cc1. The van der Waals surface area contributed by atoms with Gasteiger partial charge in [0.25, 0.3) is 11.5 Å². The van der Waals surface area contributed by atoms with Gasteiger partial charge in [-0.05, 0) is 49.1 Å². The van der Waals surface area contributed by atoms with Crippen LogP contribution in [0.25, 0.3) is 11.3 Å². The number of piperidine rings is 1. The number of rotatable bonds is 2. The third-order valence-corrected chi connectivity index (χ3v) is 4.11. The van der Waals surface area contributed by atoms with E-state index < -0.39 is 0 Å².